The fourth-order valence-electron chi connectivity index (χ4n) is 3.69. The molecule has 4 rings (SSSR count). The number of anilines is 1. The highest BCUT2D eigenvalue weighted by Crippen LogP contribution is 2.24. The van der Waals surface area contributed by atoms with Gasteiger partial charge in [0, 0.05) is 45.1 Å². The maximum absolute atomic E-state index is 4.42. The van der Waals surface area contributed by atoms with E-state index in [2.05, 4.69) is 67.4 Å². The van der Waals surface area contributed by atoms with Crippen LogP contribution in [0.1, 0.15) is 24.0 Å². The lowest BCUT2D eigenvalue weighted by Crippen LogP contribution is -2.48. The summed E-state index contributed by atoms with van der Waals surface area (Å²) in [7, 11) is 1.84. The molecule has 3 aromatic rings. The van der Waals surface area contributed by atoms with E-state index in [0.717, 1.165) is 45.0 Å². The second-order valence-corrected chi connectivity index (χ2v) is 8.23. The van der Waals surface area contributed by atoms with Gasteiger partial charge in [0.1, 0.15) is 0 Å². The fourth-order valence-corrected chi connectivity index (χ4v) is 4.47. The van der Waals surface area contributed by atoms with E-state index in [0.29, 0.717) is 6.04 Å². The molecule has 1 aliphatic heterocycles. The first-order valence-corrected chi connectivity index (χ1v) is 11.0. The van der Waals surface area contributed by atoms with Crippen molar-refractivity contribution in [3.63, 3.8) is 0 Å². The standard InChI is InChI=1S/C22H28N6S/c1-23-22(26-20-8-12-27(13-9-20)21-7-3-14-29-21)24-16-18-5-2-6-19(15-18)17-28-11-4-10-25-28/h2-7,10-11,14-15,20H,8-9,12-13,16-17H2,1H3,(H2,23,24,26). The summed E-state index contributed by atoms with van der Waals surface area (Å²) < 4.78 is 1.94. The van der Waals surface area contributed by atoms with Gasteiger partial charge in [0.15, 0.2) is 5.96 Å². The third-order valence-electron chi connectivity index (χ3n) is 5.23. The number of piperidine rings is 1. The molecule has 1 aliphatic rings. The Morgan fingerprint density at radius 1 is 1.17 bits per heavy atom. The Kier molecular flexibility index (Phi) is 6.46. The summed E-state index contributed by atoms with van der Waals surface area (Å²) in [5.41, 5.74) is 2.49. The molecule has 1 fully saturated rings. The van der Waals surface area contributed by atoms with Gasteiger partial charge in [-0.15, -0.1) is 11.3 Å². The van der Waals surface area contributed by atoms with E-state index in [9.17, 15) is 0 Å². The number of guanidine groups is 1. The highest BCUT2D eigenvalue weighted by molar-refractivity contribution is 7.14. The Bertz CT molecular complexity index is 895. The van der Waals surface area contributed by atoms with Gasteiger partial charge in [-0.1, -0.05) is 24.3 Å². The molecule has 0 atom stereocenters. The summed E-state index contributed by atoms with van der Waals surface area (Å²) in [5.74, 6) is 0.872. The molecular formula is C22H28N6S. The van der Waals surface area contributed by atoms with Gasteiger partial charge >= 0.3 is 0 Å². The summed E-state index contributed by atoms with van der Waals surface area (Å²) in [6.45, 7) is 3.71. The van der Waals surface area contributed by atoms with Crippen LogP contribution in [-0.2, 0) is 13.1 Å². The van der Waals surface area contributed by atoms with E-state index in [4.69, 9.17) is 0 Å². The Morgan fingerprint density at radius 3 is 2.76 bits per heavy atom. The van der Waals surface area contributed by atoms with E-state index in [1.807, 2.05) is 41.5 Å². The van der Waals surface area contributed by atoms with Crippen molar-refractivity contribution in [1.29, 1.82) is 0 Å². The van der Waals surface area contributed by atoms with Gasteiger partial charge in [0.2, 0.25) is 0 Å². The lowest BCUT2D eigenvalue weighted by atomic mass is 10.1. The van der Waals surface area contributed by atoms with Crippen molar-refractivity contribution in [1.82, 2.24) is 20.4 Å². The number of nitrogens with zero attached hydrogens (tertiary/aromatic N) is 4. The minimum atomic E-state index is 0.462. The largest absolute Gasteiger partial charge is 0.363 e. The molecule has 2 N–H and O–H groups in total. The van der Waals surface area contributed by atoms with Gasteiger partial charge in [-0.05, 0) is 47.5 Å². The van der Waals surface area contributed by atoms with E-state index in [-0.39, 0.29) is 0 Å². The van der Waals surface area contributed by atoms with Gasteiger partial charge in [-0.3, -0.25) is 9.67 Å². The van der Waals surface area contributed by atoms with Crippen LogP contribution in [0, 0.1) is 0 Å². The van der Waals surface area contributed by atoms with Crippen molar-refractivity contribution >= 4 is 22.3 Å². The second kappa shape index (κ2) is 9.60. The van der Waals surface area contributed by atoms with Crippen molar-refractivity contribution in [2.75, 3.05) is 25.0 Å². The van der Waals surface area contributed by atoms with Crippen molar-refractivity contribution in [3.8, 4) is 0 Å². The van der Waals surface area contributed by atoms with Gasteiger partial charge in [-0.2, -0.15) is 5.10 Å². The second-order valence-electron chi connectivity index (χ2n) is 7.31. The maximum Gasteiger partial charge on any atom is 0.191 e. The summed E-state index contributed by atoms with van der Waals surface area (Å²) in [6, 6.07) is 15.4. The lowest BCUT2D eigenvalue weighted by Gasteiger charge is -2.33. The molecule has 1 aromatic carbocycles. The quantitative estimate of drug-likeness (QED) is 0.485. The van der Waals surface area contributed by atoms with Crippen LogP contribution in [0.3, 0.4) is 0 Å². The van der Waals surface area contributed by atoms with E-state index >= 15 is 0 Å². The van der Waals surface area contributed by atoms with E-state index in [1.54, 1.807) is 0 Å². The SMILES string of the molecule is CN=C(NCc1cccc(Cn2cccn2)c1)NC1CCN(c2cccs2)CC1. The molecule has 2 aromatic heterocycles. The van der Waals surface area contributed by atoms with Crippen LogP contribution in [0.15, 0.2) is 65.2 Å². The number of benzene rings is 1. The molecule has 0 bridgehead atoms. The van der Waals surface area contributed by atoms with Crippen molar-refractivity contribution < 1.29 is 0 Å². The van der Waals surface area contributed by atoms with E-state index in [1.165, 1.54) is 16.1 Å². The van der Waals surface area contributed by atoms with Crippen LogP contribution in [0.4, 0.5) is 5.00 Å². The Morgan fingerprint density at radius 2 is 2.03 bits per heavy atom. The number of hydrogen-bond acceptors (Lipinski definition) is 4. The molecule has 1 saturated heterocycles. The molecule has 0 unspecified atom stereocenters. The van der Waals surface area contributed by atoms with Crippen LogP contribution < -0.4 is 15.5 Å². The molecule has 152 valence electrons. The third-order valence-corrected chi connectivity index (χ3v) is 6.16. The van der Waals surface area contributed by atoms with Crippen LogP contribution in [0.2, 0.25) is 0 Å². The predicted octanol–water partition coefficient (Wildman–Crippen LogP) is 3.33. The molecule has 0 saturated carbocycles. The van der Waals surface area contributed by atoms with Crippen LogP contribution in [0.25, 0.3) is 0 Å². The number of rotatable bonds is 6. The predicted molar refractivity (Wildman–Crippen MR) is 121 cm³/mol. The Hall–Kier alpha value is -2.80. The maximum atomic E-state index is 4.42. The zero-order valence-corrected chi connectivity index (χ0v) is 17.6. The molecule has 0 radical (unpaired) electrons. The molecule has 29 heavy (non-hydrogen) atoms. The molecule has 0 aliphatic carbocycles. The molecule has 7 heteroatoms. The minimum Gasteiger partial charge on any atom is -0.363 e. The number of nitrogens with one attached hydrogen (secondary N) is 2. The number of hydrogen-bond donors (Lipinski definition) is 2. The number of aromatic nitrogens is 2. The Balaban J connectivity index is 1.26. The number of thiophene rings is 1. The zero-order valence-electron chi connectivity index (χ0n) is 16.8. The smallest absolute Gasteiger partial charge is 0.191 e. The molecule has 0 spiro atoms. The topological polar surface area (TPSA) is 57.5 Å². The van der Waals surface area contributed by atoms with Gasteiger partial charge in [0.25, 0.3) is 0 Å². The van der Waals surface area contributed by atoms with Crippen LogP contribution >= 0.6 is 11.3 Å². The number of aliphatic imine (C=N–C) groups is 1. The highest BCUT2D eigenvalue weighted by atomic mass is 32.1. The first-order valence-electron chi connectivity index (χ1n) is 10.1. The van der Waals surface area contributed by atoms with Gasteiger partial charge in [0.05, 0.1) is 11.5 Å². The third kappa shape index (κ3) is 5.38. The highest BCUT2D eigenvalue weighted by Gasteiger charge is 2.20. The summed E-state index contributed by atoms with van der Waals surface area (Å²) in [5, 5.41) is 14.9. The average molecular weight is 409 g/mol. The lowest BCUT2D eigenvalue weighted by molar-refractivity contribution is 0.463. The van der Waals surface area contributed by atoms with Crippen molar-refractivity contribution in [2.45, 2.75) is 32.0 Å². The normalized spacial score (nSPS) is 15.5. The monoisotopic (exact) mass is 408 g/mol. The minimum absolute atomic E-state index is 0.462. The van der Waals surface area contributed by atoms with Crippen LogP contribution in [-0.4, -0.2) is 41.9 Å². The van der Waals surface area contributed by atoms with Crippen molar-refractivity contribution in [3.05, 3.63) is 71.4 Å². The summed E-state index contributed by atoms with van der Waals surface area (Å²) >= 11 is 1.82. The summed E-state index contributed by atoms with van der Waals surface area (Å²) in [6.07, 6.45) is 6.04. The zero-order chi connectivity index (χ0) is 19.9. The molecular weight excluding hydrogens is 380 g/mol. The summed E-state index contributed by atoms with van der Waals surface area (Å²) in [4.78, 5) is 6.89. The fraction of sp³-hybridized carbons (Fsp3) is 0.364. The molecule has 6 nitrogen and oxygen atoms in total. The first-order chi connectivity index (χ1) is 14.3. The Labute approximate surface area is 176 Å². The molecule has 0 amide bonds. The van der Waals surface area contributed by atoms with Crippen molar-refractivity contribution in [2.24, 2.45) is 4.99 Å². The van der Waals surface area contributed by atoms with Gasteiger partial charge in [-0.25, -0.2) is 0 Å². The van der Waals surface area contributed by atoms with Gasteiger partial charge < -0.3 is 15.5 Å². The molecule has 3 heterocycles. The van der Waals surface area contributed by atoms with E-state index < -0.39 is 0 Å². The van der Waals surface area contributed by atoms with Crippen LogP contribution in [0.5, 0.6) is 0 Å². The average Bonchev–Trinajstić information content (AvgIpc) is 3.46. The first kappa shape index (κ1) is 19.5.